The molecule has 2 N–H and O–H groups in total. The third-order valence-electron chi connectivity index (χ3n) is 6.59. The number of rotatable bonds is 14. The van der Waals surface area contributed by atoms with Gasteiger partial charge in [0.1, 0.15) is 6.61 Å². The maximum absolute atomic E-state index is 12.9. The minimum atomic E-state index is -0.437. The molecule has 0 aliphatic rings. The van der Waals surface area contributed by atoms with Crippen LogP contribution in [0.1, 0.15) is 46.5 Å². The number of aryl methyl sites for hydroxylation is 2. The molecule has 0 fully saturated rings. The van der Waals surface area contributed by atoms with Crippen molar-refractivity contribution >= 4 is 35.3 Å². The van der Waals surface area contributed by atoms with Crippen molar-refractivity contribution in [2.24, 2.45) is 5.10 Å². The number of ether oxygens (including phenoxy) is 4. The Bertz CT molecular complexity index is 1660. The third-order valence-corrected chi connectivity index (χ3v) is 6.87. The summed E-state index contributed by atoms with van der Waals surface area (Å²) in [6.07, 6.45) is 1.43. The van der Waals surface area contributed by atoms with E-state index in [0.717, 1.165) is 16.7 Å². The average Bonchev–Trinajstić information content (AvgIpc) is 3.02. The number of nitrogens with one attached hydrogen (secondary N) is 2. The molecule has 0 spiro atoms. The van der Waals surface area contributed by atoms with Gasteiger partial charge in [-0.25, -0.2) is 5.43 Å². The number of anilines is 1. The number of hydrazone groups is 1. The Hall–Kier alpha value is -5.02. The van der Waals surface area contributed by atoms with Gasteiger partial charge < -0.3 is 24.3 Å². The highest BCUT2D eigenvalue weighted by molar-refractivity contribution is 6.32. The molecule has 9 nitrogen and oxygen atoms in total. The first-order valence-electron chi connectivity index (χ1n) is 14.5. The first-order chi connectivity index (χ1) is 21.8. The zero-order valence-corrected chi connectivity index (χ0v) is 26.4. The highest BCUT2D eigenvalue weighted by Crippen LogP contribution is 2.36. The topological polar surface area (TPSA) is 107 Å². The highest BCUT2D eigenvalue weighted by atomic mass is 35.5. The molecule has 0 radical (unpaired) electrons. The largest absolute Gasteiger partial charge is 0.490 e. The number of nitrogens with zero attached hydrogens (tertiary/aromatic N) is 1. The zero-order chi connectivity index (χ0) is 32.2. The van der Waals surface area contributed by atoms with E-state index >= 15 is 0 Å². The Morgan fingerprint density at radius 1 is 0.800 bits per heavy atom. The van der Waals surface area contributed by atoms with Crippen LogP contribution in [0.3, 0.4) is 0 Å². The van der Waals surface area contributed by atoms with E-state index in [1.54, 1.807) is 30.3 Å². The van der Waals surface area contributed by atoms with E-state index in [1.165, 1.54) is 6.21 Å². The fraction of sp³-hybridized carbons (Fsp3) is 0.229. The number of hydrogen-bond acceptors (Lipinski definition) is 7. The number of amides is 2. The maximum Gasteiger partial charge on any atom is 0.271 e. The summed E-state index contributed by atoms with van der Waals surface area (Å²) < 4.78 is 23.1. The van der Waals surface area contributed by atoms with Crippen LogP contribution in [0.15, 0.2) is 84.0 Å². The molecule has 0 aromatic heterocycles. The average molecular weight is 630 g/mol. The van der Waals surface area contributed by atoms with Crippen LogP contribution in [0.4, 0.5) is 5.69 Å². The molecule has 0 saturated carbocycles. The maximum atomic E-state index is 12.9. The van der Waals surface area contributed by atoms with Gasteiger partial charge in [-0.15, -0.1) is 0 Å². The zero-order valence-electron chi connectivity index (χ0n) is 25.7. The van der Waals surface area contributed by atoms with Gasteiger partial charge in [-0.05, 0) is 92.4 Å². The number of benzene rings is 4. The predicted molar refractivity (Wildman–Crippen MR) is 176 cm³/mol. The summed E-state index contributed by atoms with van der Waals surface area (Å²) in [6.45, 7) is 8.51. The second-order valence-electron chi connectivity index (χ2n) is 9.97. The van der Waals surface area contributed by atoms with E-state index in [-0.39, 0.29) is 23.3 Å². The predicted octanol–water partition coefficient (Wildman–Crippen LogP) is 7.11. The lowest BCUT2D eigenvalue weighted by molar-refractivity contribution is -0.118. The van der Waals surface area contributed by atoms with Crippen LogP contribution in [0.5, 0.6) is 23.0 Å². The van der Waals surface area contributed by atoms with Crippen LogP contribution in [-0.2, 0) is 11.4 Å². The van der Waals surface area contributed by atoms with Crippen molar-refractivity contribution in [3.8, 4) is 23.0 Å². The molecule has 4 aromatic carbocycles. The lowest BCUT2D eigenvalue weighted by Gasteiger charge is -2.14. The summed E-state index contributed by atoms with van der Waals surface area (Å²) in [5.41, 5.74) is 7.31. The first-order valence-corrected chi connectivity index (χ1v) is 14.9. The standard InChI is InChI=1S/C35H36ClN3O6/c1-5-42-31-19-27(13-15-30(31)44-21-25-10-8-7-9-11-25)35(41)39-37-20-26-17-29(36)34(32(18-26)43-6-2)45-22-33(40)38-28-14-12-23(3)24(4)16-28/h7-20H,5-6,21-22H2,1-4H3,(H,38,40)(H,39,41)/b37-20+. The smallest absolute Gasteiger partial charge is 0.271 e. The molecule has 0 aliphatic heterocycles. The van der Waals surface area contributed by atoms with Crippen LogP contribution in [0.25, 0.3) is 0 Å². The van der Waals surface area contributed by atoms with E-state index in [0.29, 0.717) is 53.9 Å². The first kappa shape index (κ1) is 32.9. The van der Waals surface area contributed by atoms with E-state index in [9.17, 15) is 9.59 Å². The van der Waals surface area contributed by atoms with Crippen LogP contribution < -0.4 is 29.7 Å². The molecule has 4 aromatic rings. The number of carbonyl (C=O) groups excluding carboxylic acids is 2. The molecule has 2 amide bonds. The molecular formula is C35H36ClN3O6. The number of carbonyl (C=O) groups is 2. The molecule has 0 aliphatic carbocycles. The summed E-state index contributed by atoms with van der Waals surface area (Å²) in [5.74, 6) is 0.776. The number of halogens is 1. The van der Waals surface area contributed by atoms with Crippen LogP contribution in [0.2, 0.25) is 5.02 Å². The van der Waals surface area contributed by atoms with Crippen molar-refractivity contribution in [1.82, 2.24) is 5.43 Å². The van der Waals surface area contributed by atoms with Crippen LogP contribution >= 0.6 is 11.6 Å². The summed E-state index contributed by atoms with van der Waals surface area (Å²) in [4.78, 5) is 25.4. The lowest BCUT2D eigenvalue weighted by atomic mass is 10.1. The Morgan fingerprint density at radius 2 is 1.56 bits per heavy atom. The lowest BCUT2D eigenvalue weighted by Crippen LogP contribution is -2.20. The monoisotopic (exact) mass is 629 g/mol. The SMILES string of the molecule is CCOc1cc(C(=O)N/N=C/c2cc(Cl)c(OCC(=O)Nc3ccc(C)c(C)c3)c(OCC)c2)ccc1OCc1ccccc1. The van der Waals surface area contributed by atoms with Gasteiger partial charge in [0.15, 0.2) is 29.6 Å². The molecule has 10 heteroatoms. The Kier molecular flexibility index (Phi) is 11.8. The van der Waals surface area contributed by atoms with E-state index in [1.807, 2.05) is 76.2 Å². The molecule has 0 unspecified atom stereocenters. The summed E-state index contributed by atoms with van der Waals surface area (Å²) in [7, 11) is 0. The minimum Gasteiger partial charge on any atom is -0.490 e. The third kappa shape index (κ3) is 9.48. The van der Waals surface area contributed by atoms with Crippen LogP contribution in [0, 0.1) is 13.8 Å². The van der Waals surface area contributed by atoms with E-state index in [2.05, 4.69) is 15.8 Å². The molecule has 4 rings (SSSR count). The van der Waals surface area contributed by atoms with Crippen molar-refractivity contribution < 1.29 is 28.5 Å². The van der Waals surface area contributed by atoms with Gasteiger partial charge in [0.05, 0.1) is 24.5 Å². The fourth-order valence-electron chi connectivity index (χ4n) is 4.22. The highest BCUT2D eigenvalue weighted by Gasteiger charge is 2.15. The van der Waals surface area contributed by atoms with Crippen molar-refractivity contribution in [3.63, 3.8) is 0 Å². The minimum absolute atomic E-state index is 0.222. The van der Waals surface area contributed by atoms with Gasteiger partial charge in [-0.2, -0.15) is 5.10 Å². The van der Waals surface area contributed by atoms with Gasteiger partial charge in [-0.3, -0.25) is 9.59 Å². The van der Waals surface area contributed by atoms with Gasteiger partial charge in [0, 0.05) is 11.3 Å². The van der Waals surface area contributed by atoms with Crippen molar-refractivity contribution in [3.05, 3.63) is 112 Å². The van der Waals surface area contributed by atoms with Gasteiger partial charge in [-0.1, -0.05) is 48.0 Å². The summed E-state index contributed by atoms with van der Waals surface area (Å²) in [6, 6.07) is 23.6. The second kappa shape index (κ2) is 16.2. The normalized spacial score (nSPS) is 10.8. The van der Waals surface area contributed by atoms with Gasteiger partial charge in [0.25, 0.3) is 11.8 Å². The molecule has 0 heterocycles. The quantitative estimate of drug-likeness (QED) is 0.114. The van der Waals surface area contributed by atoms with E-state index in [4.69, 9.17) is 30.5 Å². The Balaban J connectivity index is 1.39. The molecule has 0 atom stereocenters. The van der Waals surface area contributed by atoms with E-state index < -0.39 is 5.91 Å². The molecule has 0 bridgehead atoms. The van der Waals surface area contributed by atoms with Crippen LogP contribution in [-0.4, -0.2) is 37.8 Å². The van der Waals surface area contributed by atoms with Crippen molar-refractivity contribution in [2.75, 3.05) is 25.1 Å². The molecular weight excluding hydrogens is 594 g/mol. The number of hydrogen-bond donors (Lipinski definition) is 2. The second-order valence-corrected chi connectivity index (χ2v) is 10.4. The Labute approximate surface area is 268 Å². The van der Waals surface area contributed by atoms with Crippen molar-refractivity contribution in [2.45, 2.75) is 34.3 Å². The molecule has 0 saturated heterocycles. The summed E-state index contributed by atoms with van der Waals surface area (Å²) >= 11 is 6.50. The fourth-order valence-corrected chi connectivity index (χ4v) is 4.50. The molecule has 234 valence electrons. The molecule has 45 heavy (non-hydrogen) atoms. The summed E-state index contributed by atoms with van der Waals surface area (Å²) in [5, 5.41) is 7.12. The van der Waals surface area contributed by atoms with Gasteiger partial charge in [0.2, 0.25) is 0 Å². The Morgan fingerprint density at radius 3 is 2.29 bits per heavy atom. The van der Waals surface area contributed by atoms with Crippen molar-refractivity contribution in [1.29, 1.82) is 0 Å². The van der Waals surface area contributed by atoms with Gasteiger partial charge >= 0.3 is 0 Å².